The molecule has 0 aromatic heterocycles. The van der Waals surface area contributed by atoms with Gasteiger partial charge in [-0.1, -0.05) is 0 Å². The lowest BCUT2D eigenvalue weighted by Crippen LogP contribution is -2.64. The largest absolute Gasteiger partial charge is 0.397 e. The van der Waals surface area contributed by atoms with E-state index in [9.17, 15) is 28.5 Å². The first kappa shape index (κ1) is 16.2. The van der Waals surface area contributed by atoms with Gasteiger partial charge in [-0.2, -0.15) is 8.42 Å². The molecule has 5 atom stereocenters. The zero-order valence-electron chi connectivity index (χ0n) is 9.83. The monoisotopic (exact) mass is 301 g/mol. The Labute approximate surface area is 108 Å². The lowest BCUT2D eigenvalue weighted by molar-refractivity contribution is -0.252. The molecule has 112 valence electrons. The summed E-state index contributed by atoms with van der Waals surface area (Å²) >= 11 is 0. The third-order valence-electron chi connectivity index (χ3n) is 2.47. The number of nitrogens with one attached hydrogen (secondary N) is 1. The maximum atomic E-state index is 10.8. The summed E-state index contributed by atoms with van der Waals surface area (Å²) in [5.74, 6) is -0.563. The van der Waals surface area contributed by atoms with Crippen molar-refractivity contribution in [1.82, 2.24) is 5.32 Å². The van der Waals surface area contributed by atoms with Gasteiger partial charge in [-0.3, -0.25) is 9.35 Å². The zero-order valence-corrected chi connectivity index (χ0v) is 10.6. The topological polar surface area (TPSA) is 163 Å². The fourth-order valence-electron chi connectivity index (χ4n) is 1.63. The second-order valence-electron chi connectivity index (χ2n) is 3.98. The molecule has 0 aliphatic carbocycles. The van der Waals surface area contributed by atoms with Crippen molar-refractivity contribution in [2.45, 2.75) is 37.6 Å². The van der Waals surface area contributed by atoms with Gasteiger partial charge in [0.2, 0.25) is 5.91 Å². The maximum Gasteiger partial charge on any atom is 0.397 e. The highest BCUT2D eigenvalue weighted by molar-refractivity contribution is 7.80. The number of aliphatic hydroxyl groups is 3. The van der Waals surface area contributed by atoms with Crippen molar-refractivity contribution in [2.75, 3.05) is 6.61 Å². The molecule has 1 heterocycles. The molecule has 19 heavy (non-hydrogen) atoms. The van der Waals surface area contributed by atoms with E-state index < -0.39 is 53.6 Å². The first-order valence-electron chi connectivity index (χ1n) is 5.20. The van der Waals surface area contributed by atoms with Crippen molar-refractivity contribution >= 4 is 16.3 Å². The number of hydrogen-bond donors (Lipinski definition) is 5. The van der Waals surface area contributed by atoms with Crippen LogP contribution in [0.15, 0.2) is 0 Å². The Balaban J connectivity index is 2.69. The Kier molecular flexibility index (Phi) is 5.20. The van der Waals surface area contributed by atoms with Gasteiger partial charge < -0.3 is 25.4 Å². The summed E-state index contributed by atoms with van der Waals surface area (Å²) in [5.41, 5.74) is 0. The Morgan fingerprint density at radius 3 is 2.37 bits per heavy atom. The fraction of sp³-hybridized carbons (Fsp3) is 0.875. The summed E-state index contributed by atoms with van der Waals surface area (Å²) in [4.78, 5) is 10.8. The molecule has 1 saturated heterocycles. The van der Waals surface area contributed by atoms with E-state index in [0.29, 0.717) is 0 Å². The Morgan fingerprint density at radius 2 is 1.89 bits per heavy atom. The highest BCUT2D eigenvalue weighted by Crippen LogP contribution is 2.20. The van der Waals surface area contributed by atoms with Crippen LogP contribution in [-0.4, -0.2) is 71.4 Å². The summed E-state index contributed by atoms with van der Waals surface area (Å²) in [6, 6.07) is -1.27. The van der Waals surface area contributed by atoms with E-state index in [1.165, 1.54) is 0 Å². The number of carbonyl (C=O) groups excluding carboxylic acids is 1. The van der Waals surface area contributed by atoms with Gasteiger partial charge in [-0.25, -0.2) is 4.18 Å². The zero-order chi connectivity index (χ0) is 14.8. The molecule has 0 bridgehead atoms. The van der Waals surface area contributed by atoms with Gasteiger partial charge in [0.25, 0.3) is 0 Å². The van der Waals surface area contributed by atoms with Crippen molar-refractivity contribution in [3.63, 3.8) is 0 Å². The van der Waals surface area contributed by atoms with Crippen LogP contribution in [0, 0.1) is 0 Å². The van der Waals surface area contributed by atoms with E-state index >= 15 is 0 Å². The SMILES string of the molecule is CC(=O)N[C@H]1C(O)[C@@H](O)C(COS(=O)(=O)O)O[C@H]1O. The number of aliphatic hydroxyl groups excluding tert-OH is 3. The minimum Gasteiger partial charge on any atom is -0.388 e. The maximum absolute atomic E-state index is 10.8. The molecule has 5 N–H and O–H groups in total. The highest BCUT2D eigenvalue weighted by Gasteiger charge is 2.44. The lowest BCUT2D eigenvalue weighted by Gasteiger charge is -2.40. The molecule has 2 unspecified atom stereocenters. The molecule has 0 aromatic rings. The van der Waals surface area contributed by atoms with Gasteiger partial charge >= 0.3 is 10.4 Å². The normalized spacial score (nSPS) is 35.9. The molecule has 0 radical (unpaired) electrons. The van der Waals surface area contributed by atoms with Crippen molar-refractivity contribution < 1.29 is 42.0 Å². The van der Waals surface area contributed by atoms with Crippen molar-refractivity contribution in [3.05, 3.63) is 0 Å². The molecular weight excluding hydrogens is 286 g/mol. The summed E-state index contributed by atoms with van der Waals surface area (Å²) in [6.45, 7) is 0.334. The number of rotatable bonds is 4. The molecule has 0 saturated carbocycles. The number of ether oxygens (including phenoxy) is 1. The Morgan fingerprint density at radius 1 is 1.32 bits per heavy atom. The van der Waals surface area contributed by atoms with E-state index in [-0.39, 0.29) is 0 Å². The molecule has 1 aliphatic rings. The van der Waals surface area contributed by atoms with Gasteiger partial charge in [0.05, 0.1) is 6.61 Å². The second kappa shape index (κ2) is 6.09. The van der Waals surface area contributed by atoms with E-state index in [0.717, 1.165) is 6.92 Å². The van der Waals surface area contributed by atoms with Crippen LogP contribution in [0.3, 0.4) is 0 Å². The predicted molar refractivity (Wildman–Crippen MR) is 58.0 cm³/mol. The van der Waals surface area contributed by atoms with Crippen LogP contribution in [-0.2, 0) is 24.1 Å². The van der Waals surface area contributed by atoms with Crippen LogP contribution in [0.2, 0.25) is 0 Å². The molecule has 1 amide bonds. The summed E-state index contributed by atoms with van der Waals surface area (Å²) < 4.78 is 37.9. The van der Waals surface area contributed by atoms with Gasteiger partial charge in [-0.15, -0.1) is 0 Å². The quantitative estimate of drug-likeness (QED) is 0.335. The van der Waals surface area contributed by atoms with Gasteiger partial charge in [0.1, 0.15) is 24.4 Å². The first-order chi connectivity index (χ1) is 8.61. The van der Waals surface area contributed by atoms with Crippen molar-refractivity contribution in [2.24, 2.45) is 0 Å². The molecule has 10 nitrogen and oxygen atoms in total. The minimum absolute atomic E-state index is 0.563. The van der Waals surface area contributed by atoms with Crippen molar-refractivity contribution in [3.8, 4) is 0 Å². The smallest absolute Gasteiger partial charge is 0.388 e. The summed E-state index contributed by atoms with van der Waals surface area (Å²) in [6.07, 6.45) is -6.28. The molecule has 0 aromatic carbocycles. The van der Waals surface area contributed by atoms with E-state index in [1.807, 2.05) is 0 Å². The van der Waals surface area contributed by atoms with Crippen LogP contribution < -0.4 is 5.32 Å². The van der Waals surface area contributed by atoms with Crippen LogP contribution >= 0.6 is 0 Å². The Hall–Kier alpha value is -0.820. The average Bonchev–Trinajstić information content (AvgIpc) is 2.26. The average molecular weight is 301 g/mol. The molecule has 1 rings (SSSR count). The van der Waals surface area contributed by atoms with Crippen molar-refractivity contribution in [1.29, 1.82) is 0 Å². The lowest BCUT2D eigenvalue weighted by atomic mass is 9.97. The van der Waals surface area contributed by atoms with E-state index in [1.54, 1.807) is 0 Å². The van der Waals surface area contributed by atoms with Crippen LogP contribution in [0.1, 0.15) is 6.92 Å². The van der Waals surface area contributed by atoms with Crippen LogP contribution in [0.4, 0.5) is 0 Å². The van der Waals surface area contributed by atoms with E-state index in [2.05, 4.69) is 9.50 Å². The minimum atomic E-state index is -4.74. The molecule has 1 aliphatic heterocycles. The molecule has 0 spiro atoms. The first-order valence-corrected chi connectivity index (χ1v) is 6.57. The van der Waals surface area contributed by atoms with Gasteiger partial charge in [-0.05, 0) is 0 Å². The molecule has 1 fully saturated rings. The number of amides is 1. The summed E-state index contributed by atoms with van der Waals surface area (Å²) in [5, 5.41) is 31.0. The second-order valence-corrected chi connectivity index (χ2v) is 5.08. The Bertz CT molecular complexity index is 424. The fourth-order valence-corrected chi connectivity index (χ4v) is 1.93. The van der Waals surface area contributed by atoms with Gasteiger partial charge in [0, 0.05) is 6.92 Å². The summed E-state index contributed by atoms with van der Waals surface area (Å²) in [7, 11) is -4.74. The third kappa shape index (κ3) is 4.65. The van der Waals surface area contributed by atoms with Crippen LogP contribution in [0.25, 0.3) is 0 Å². The standard InChI is InChI=1S/C8H15NO9S/c1-3(10)9-5-7(12)6(11)4(18-8(5)13)2-17-19(14,15)16/h4-8,11-13H,2H2,1H3,(H,9,10)(H,14,15,16)/t4?,5-,6-,7?,8+/m0/s1. The van der Waals surface area contributed by atoms with E-state index in [4.69, 9.17) is 9.29 Å². The third-order valence-corrected chi connectivity index (χ3v) is 2.91. The predicted octanol–water partition coefficient (Wildman–Crippen LogP) is -3.25. The highest BCUT2D eigenvalue weighted by atomic mass is 32.3. The number of carbonyl (C=O) groups is 1. The van der Waals surface area contributed by atoms with Gasteiger partial charge in [0.15, 0.2) is 6.29 Å². The molecule has 11 heteroatoms. The van der Waals surface area contributed by atoms with Crippen LogP contribution in [0.5, 0.6) is 0 Å². The number of hydrogen-bond acceptors (Lipinski definition) is 8. The molecular formula is C8H15NO9S.